The van der Waals surface area contributed by atoms with Crippen molar-refractivity contribution >= 4 is 24.7 Å². The van der Waals surface area contributed by atoms with Gasteiger partial charge in [-0.25, -0.2) is 4.79 Å². The van der Waals surface area contributed by atoms with Crippen LogP contribution in [0.1, 0.15) is 26.3 Å². The summed E-state index contributed by atoms with van der Waals surface area (Å²) in [7, 11) is -3.01. The first-order valence-electron chi connectivity index (χ1n) is 11.6. The first-order chi connectivity index (χ1) is 16.3. The Morgan fingerprint density at radius 3 is 1.85 bits per heavy atom. The Hall–Kier alpha value is -2.77. The number of benzene rings is 3. The molecule has 0 aromatic heterocycles. The summed E-state index contributed by atoms with van der Waals surface area (Å²) in [6.07, 6.45) is -2.99. The van der Waals surface area contributed by atoms with Gasteiger partial charge in [-0.1, -0.05) is 112 Å². The molecule has 1 N–H and O–H groups in total. The molecular weight excluding hydrogens is 444 g/mol. The monoisotopic (exact) mass is 476 g/mol. The fourth-order valence-corrected chi connectivity index (χ4v) is 9.25. The summed E-state index contributed by atoms with van der Waals surface area (Å²) >= 11 is 0. The average Bonchev–Trinajstić information content (AvgIpc) is 3.10. The molecule has 1 fully saturated rings. The average molecular weight is 477 g/mol. The molecule has 0 saturated carbocycles. The van der Waals surface area contributed by atoms with Gasteiger partial charge in [0.2, 0.25) is 0 Å². The molecule has 34 heavy (non-hydrogen) atoms. The number of ether oxygens (including phenoxy) is 2. The summed E-state index contributed by atoms with van der Waals surface area (Å²) in [5.74, 6) is -0.547. The summed E-state index contributed by atoms with van der Waals surface area (Å²) < 4.78 is 18.1. The Bertz CT molecular complexity index is 1030. The highest BCUT2D eigenvalue weighted by Gasteiger charge is 2.56. The van der Waals surface area contributed by atoms with E-state index in [4.69, 9.17) is 13.9 Å². The van der Waals surface area contributed by atoms with Crippen LogP contribution in [0.5, 0.6) is 0 Å². The van der Waals surface area contributed by atoms with Gasteiger partial charge in [-0.05, 0) is 21.0 Å². The van der Waals surface area contributed by atoms with Gasteiger partial charge in [-0.3, -0.25) is 0 Å². The lowest BCUT2D eigenvalue weighted by atomic mass is 10.1. The van der Waals surface area contributed by atoms with Crippen LogP contribution >= 0.6 is 0 Å². The van der Waals surface area contributed by atoms with Crippen molar-refractivity contribution in [1.82, 2.24) is 0 Å². The summed E-state index contributed by atoms with van der Waals surface area (Å²) in [6.45, 7) is 6.87. The van der Waals surface area contributed by atoms with Gasteiger partial charge in [0, 0.05) is 0 Å². The first kappa shape index (κ1) is 24.4. The highest BCUT2D eigenvalue weighted by atomic mass is 28.4. The van der Waals surface area contributed by atoms with Crippen LogP contribution in [-0.2, 0) is 25.3 Å². The number of aliphatic hydroxyl groups excluding tert-OH is 1. The minimum Gasteiger partial charge on any atom is -0.455 e. The molecule has 0 aliphatic carbocycles. The van der Waals surface area contributed by atoms with Crippen LogP contribution in [0.15, 0.2) is 91.0 Å². The maximum absolute atomic E-state index is 13.0. The summed E-state index contributed by atoms with van der Waals surface area (Å²) in [6, 6.07) is 29.8. The van der Waals surface area contributed by atoms with Gasteiger partial charge in [0.15, 0.2) is 12.2 Å². The third-order valence-electron chi connectivity index (χ3n) is 6.31. The van der Waals surface area contributed by atoms with Crippen molar-refractivity contribution < 1.29 is 23.8 Å². The largest absolute Gasteiger partial charge is 0.455 e. The molecule has 0 spiro atoms. The van der Waals surface area contributed by atoms with Crippen molar-refractivity contribution in [1.29, 1.82) is 0 Å². The lowest BCUT2D eigenvalue weighted by molar-refractivity contribution is -0.148. The zero-order valence-electron chi connectivity index (χ0n) is 19.9. The molecule has 1 aliphatic rings. The van der Waals surface area contributed by atoms with Crippen LogP contribution in [0.25, 0.3) is 0 Å². The molecule has 0 amide bonds. The van der Waals surface area contributed by atoms with Crippen LogP contribution in [0, 0.1) is 0 Å². The van der Waals surface area contributed by atoms with E-state index in [9.17, 15) is 9.90 Å². The molecule has 1 aliphatic heterocycles. The van der Waals surface area contributed by atoms with Crippen LogP contribution < -0.4 is 10.4 Å². The fourth-order valence-electron chi connectivity index (χ4n) is 4.62. The van der Waals surface area contributed by atoms with Crippen molar-refractivity contribution in [2.75, 3.05) is 6.61 Å². The van der Waals surface area contributed by atoms with Gasteiger partial charge in [-0.2, -0.15) is 0 Å². The van der Waals surface area contributed by atoms with Gasteiger partial charge < -0.3 is 19.0 Å². The van der Waals surface area contributed by atoms with Crippen molar-refractivity contribution in [3.8, 4) is 0 Å². The zero-order valence-corrected chi connectivity index (χ0v) is 20.9. The van der Waals surface area contributed by atoms with E-state index in [1.165, 1.54) is 0 Å². The highest BCUT2D eigenvalue weighted by molar-refractivity contribution is 6.99. The summed E-state index contributed by atoms with van der Waals surface area (Å²) in [5.41, 5.74) is 1.02. The Morgan fingerprint density at radius 1 is 0.853 bits per heavy atom. The standard InChI is InChI=1S/C28H32O5Si/c1-28(2,3)34(22-15-9-5-10-16-22,23-17-11-6-12-18-23)33-26-25(29)24(32-27(26)30)20-31-19-21-13-7-4-8-14-21/h4-18,24-26,29H,19-20H2,1-3H3/t24-,25-,26-/m1/s1. The van der Waals surface area contributed by atoms with E-state index < -0.39 is 32.6 Å². The molecule has 178 valence electrons. The molecule has 1 saturated heterocycles. The fraction of sp³-hybridized carbons (Fsp3) is 0.321. The Balaban J connectivity index is 1.61. The van der Waals surface area contributed by atoms with Crippen molar-refractivity contribution in [3.63, 3.8) is 0 Å². The van der Waals surface area contributed by atoms with E-state index in [1.54, 1.807) is 0 Å². The van der Waals surface area contributed by atoms with Gasteiger partial charge >= 0.3 is 5.97 Å². The minimum absolute atomic E-state index is 0.0996. The van der Waals surface area contributed by atoms with E-state index in [-0.39, 0.29) is 11.6 Å². The third-order valence-corrected chi connectivity index (χ3v) is 11.3. The predicted molar refractivity (Wildman–Crippen MR) is 134 cm³/mol. The molecule has 0 unspecified atom stereocenters. The molecule has 3 atom stereocenters. The number of esters is 1. The molecule has 0 radical (unpaired) electrons. The molecule has 1 heterocycles. The third kappa shape index (κ3) is 4.86. The number of hydrogen-bond acceptors (Lipinski definition) is 5. The number of cyclic esters (lactones) is 1. The highest BCUT2D eigenvalue weighted by Crippen LogP contribution is 2.39. The predicted octanol–water partition coefficient (Wildman–Crippen LogP) is 3.43. The molecule has 0 bridgehead atoms. The Morgan fingerprint density at radius 2 is 1.35 bits per heavy atom. The van der Waals surface area contributed by atoms with E-state index in [2.05, 4.69) is 45.0 Å². The zero-order chi connectivity index (χ0) is 24.2. The minimum atomic E-state index is -3.01. The van der Waals surface area contributed by atoms with E-state index in [1.807, 2.05) is 66.7 Å². The maximum Gasteiger partial charge on any atom is 0.337 e. The van der Waals surface area contributed by atoms with Crippen molar-refractivity contribution in [2.24, 2.45) is 0 Å². The van der Waals surface area contributed by atoms with Gasteiger partial charge in [0.25, 0.3) is 8.32 Å². The van der Waals surface area contributed by atoms with E-state index in [0.717, 1.165) is 15.9 Å². The van der Waals surface area contributed by atoms with Gasteiger partial charge in [0.05, 0.1) is 13.2 Å². The van der Waals surface area contributed by atoms with Gasteiger partial charge in [-0.15, -0.1) is 0 Å². The van der Waals surface area contributed by atoms with Crippen molar-refractivity contribution in [3.05, 3.63) is 96.6 Å². The quantitative estimate of drug-likeness (QED) is 0.399. The SMILES string of the molecule is CC(C)(C)[Si](O[C@H]1C(=O)O[C@H](COCc2ccccc2)[C@H]1O)(c1ccccc1)c1ccccc1. The van der Waals surface area contributed by atoms with Gasteiger partial charge in [0.1, 0.15) is 6.10 Å². The smallest absolute Gasteiger partial charge is 0.337 e. The number of aliphatic hydroxyl groups is 1. The van der Waals surface area contributed by atoms with Crippen LogP contribution in [0.4, 0.5) is 0 Å². The number of carbonyl (C=O) groups excluding carboxylic acids is 1. The normalized spacial score (nSPS) is 20.8. The lowest BCUT2D eigenvalue weighted by Gasteiger charge is -2.44. The summed E-state index contributed by atoms with van der Waals surface area (Å²) in [5, 5.41) is 12.9. The molecule has 3 aromatic carbocycles. The number of rotatable bonds is 8. The van der Waals surface area contributed by atoms with Crippen LogP contribution in [0.3, 0.4) is 0 Å². The Labute approximate surface area is 202 Å². The van der Waals surface area contributed by atoms with E-state index >= 15 is 0 Å². The molecule has 5 nitrogen and oxygen atoms in total. The van der Waals surface area contributed by atoms with E-state index in [0.29, 0.717) is 6.61 Å². The lowest BCUT2D eigenvalue weighted by Crippen LogP contribution is -2.68. The van der Waals surface area contributed by atoms with Crippen LogP contribution in [-0.4, -0.2) is 44.3 Å². The number of hydrogen-bond donors (Lipinski definition) is 1. The second-order valence-electron chi connectivity index (χ2n) is 9.67. The maximum atomic E-state index is 13.0. The molecule has 6 heteroatoms. The second-order valence-corrected chi connectivity index (χ2v) is 13.9. The number of carbonyl (C=O) groups is 1. The van der Waals surface area contributed by atoms with Crippen molar-refractivity contribution in [2.45, 2.75) is 50.7 Å². The molecular formula is C28H32O5Si. The topological polar surface area (TPSA) is 65.0 Å². The summed E-state index contributed by atoms with van der Waals surface area (Å²) in [4.78, 5) is 13.0. The van der Waals surface area contributed by atoms with Crippen LogP contribution in [0.2, 0.25) is 5.04 Å². The first-order valence-corrected chi connectivity index (χ1v) is 13.5. The second kappa shape index (κ2) is 10.2. The Kier molecular flexibility index (Phi) is 7.33. The molecule has 3 aromatic rings. The molecule has 4 rings (SSSR count).